The van der Waals surface area contributed by atoms with Gasteiger partial charge in [-0.25, -0.2) is 12.8 Å². The van der Waals surface area contributed by atoms with Crippen LogP contribution in [0.25, 0.3) is 0 Å². The van der Waals surface area contributed by atoms with Gasteiger partial charge in [0, 0.05) is 0 Å². The number of sulfonamides is 1. The van der Waals surface area contributed by atoms with Crippen molar-refractivity contribution in [3.63, 3.8) is 0 Å². The van der Waals surface area contributed by atoms with Crippen molar-refractivity contribution >= 4 is 15.7 Å². The molecule has 0 spiro atoms. The second-order valence-electron chi connectivity index (χ2n) is 5.58. The largest absolute Gasteiger partial charge is 0.384 e. The van der Waals surface area contributed by atoms with Crippen molar-refractivity contribution in [1.29, 1.82) is 0 Å². The lowest BCUT2D eigenvalue weighted by Gasteiger charge is -2.18. The van der Waals surface area contributed by atoms with Gasteiger partial charge >= 0.3 is 0 Å². The average molecular weight is 299 g/mol. The van der Waals surface area contributed by atoms with E-state index in [1.165, 1.54) is 12.1 Å². The molecule has 6 heteroatoms. The van der Waals surface area contributed by atoms with Gasteiger partial charge in [0.2, 0.25) is 10.0 Å². The lowest BCUT2D eigenvalue weighted by Crippen LogP contribution is -2.26. The Morgan fingerprint density at radius 3 is 2.50 bits per heavy atom. The van der Waals surface area contributed by atoms with Crippen LogP contribution in [0.3, 0.4) is 0 Å². The SMILES string of the molecule is CC(C)(C)CS(=O)(=O)Nc1ccc(C#CCO)c(F)c1. The first kappa shape index (κ1) is 16.5. The summed E-state index contributed by atoms with van der Waals surface area (Å²) in [5.41, 5.74) is -0.129. The smallest absolute Gasteiger partial charge is 0.233 e. The van der Waals surface area contributed by atoms with Gasteiger partial charge in [-0.05, 0) is 23.6 Å². The molecule has 0 saturated carbocycles. The molecule has 0 amide bonds. The van der Waals surface area contributed by atoms with Crippen molar-refractivity contribution in [2.45, 2.75) is 20.8 Å². The number of aliphatic hydroxyl groups is 1. The number of halogens is 1. The highest BCUT2D eigenvalue weighted by atomic mass is 32.2. The minimum atomic E-state index is -3.53. The fraction of sp³-hybridized carbons (Fsp3) is 0.429. The third kappa shape index (κ3) is 5.59. The molecule has 1 rings (SSSR count). The van der Waals surface area contributed by atoms with E-state index in [1.807, 2.05) is 0 Å². The van der Waals surface area contributed by atoms with Crippen LogP contribution >= 0.6 is 0 Å². The summed E-state index contributed by atoms with van der Waals surface area (Å²) < 4.78 is 39.8. The van der Waals surface area contributed by atoms with Gasteiger partial charge in [-0.1, -0.05) is 32.6 Å². The van der Waals surface area contributed by atoms with Crippen LogP contribution in [-0.2, 0) is 10.0 Å². The Balaban J connectivity index is 2.92. The monoisotopic (exact) mass is 299 g/mol. The molecule has 110 valence electrons. The summed E-state index contributed by atoms with van der Waals surface area (Å²) in [4.78, 5) is 0. The minimum Gasteiger partial charge on any atom is -0.384 e. The molecule has 2 N–H and O–H groups in total. The van der Waals surface area contributed by atoms with E-state index in [1.54, 1.807) is 20.8 Å². The molecular weight excluding hydrogens is 281 g/mol. The quantitative estimate of drug-likeness (QED) is 0.839. The van der Waals surface area contributed by atoms with Gasteiger partial charge < -0.3 is 5.11 Å². The van der Waals surface area contributed by atoms with E-state index in [0.717, 1.165) is 6.07 Å². The molecule has 0 aromatic heterocycles. The highest BCUT2D eigenvalue weighted by molar-refractivity contribution is 7.92. The van der Waals surface area contributed by atoms with Crippen LogP contribution in [0.1, 0.15) is 26.3 Å². The summed E-state index contributed by atoms with van der Waals surface area (Å²) in [5, 5.41) is 8.55. The fourth-order valence-electron chi connectivity index (χ4n) is 1.60. The molecule has 0 atom stereocenters. The molecule has 0 aliphatic rings. The first-order chi connectivity index (χ1) is 9.13. The second-order valence-corrected chi connectivity index (χ2v) is 7.30. The Morgan fingerprint density at radius 1 is 1.35 bits per heavy atom. The maximum absolute atomic E-state index is 13.7. The van der Waals surface area contributed by atoms with Gasteiger partial charge in [0.1, 0.15) is 12.4 Å². The van der Waals surface area contributed by atoms with Gasteiger partial charge in [0.05, 0.1) is 17.0 Å². The van der Waals surface area contributed by atoms with Crippen LogP contribution < -0.4 is 4.72 Å². The lowest BCUT2D eigenvalue weighted by atomic mass is 10.0. The molecule has 0 unspecified atom stereocenters. The Labute approximate surface area is 119 Å². The van der Waals surface area contributed by atoms with Gasteiger partial charge in [0.25, 0.3) is 0 Å². The van der Waals surface area contributed by atoms with Gasteiger partial charge in [0.15, 0.2) is 0 Å². The van der Waals surface area contributed by atoms with Crippen LogP contribution in [0.4, 0.5) is 10.1 Å². The van der Waals surface area contributed by atoms with Crippen molar-refractivity contribution in [3.05, 3.63) is 29.6 Å². The lowest BCUT2D eigenvalue weighted by molar-refractivity contribution is 0.350. The number of benzene rings is 1. The first-order valence-electron chi connectivity index (χ1n) is 6.03. The molecule has 20 heavy (non-hydrogen) atoms. The van der Waals surface area contributed by atoms with Gasteiger partial charge in [-0.3, -0.25) is 4.72 Å². The van der Waals surface area contributed by atoms with Crippen molar-refractivity contribution < 1.29 is 17.9 Å². The third-order valence-corrected chi connectivity index (χ3v) is 3.96. The number of nitrogens with one attached hydrogen (secondary N) is 1. The topological polar surface area (TPSA) is 66.4 Å². The number of aliphatic hydroxyl groups excluding tert-OH is 1. The minimum absolute atomic E-state index is 0.0618. The van der Waals surface area contributed by atoms with Crippen LogP contribution in [0.15, 0.2) is 18.2 Å². The Hall–Kier alpha value is -1.58. The molecule has 0 aliphatic heterocycles. The van der Waals surface area contributed by atoms with E-state index in [0.29, 0.717) is 0 Å². The van der Waals surface area contributed by atoms with Crippen molar-refractivity contribution in [2.24, 2.45) is 5.41 Å². The summed E-state index contributed by atoms with van der Waals surface area (Å²) in [5.74, 6) is 4.07. The van der Waals surface area contributed by atoms with Crippen LogP contribution in [0.2, 0.25) is 0 Å². The standard InChI is InChI=1S/C14H18FNO3S/c1-14(2,3)10-20(18,19)16-12-7-6-11(5-4-8-17)13(15)9-12/h6-7,9,16-17H,8,10H2,1-3H3. The fourth-order valence-corrected chi connectivity index (χ4v) is 3.30. The zero-order valence-corrected chi connectivity index (χ0v) is 12.5. The maximum atomic E-state index is 13.7. The van der Waals surface area contributed by atoms with Crippen LogP contribution in [-0.4, -0.2) is 25.9 Å². The summed E-state index contributed by atoms with van der Waals surface area (Å²) in [7, 11) is -3.53. The van der Waals surface area contributed by atoms with E-state index >= 15 is 0 Å². The van der Waals surface area contributed by atoms with Crippen molar-refractivity contribution in [2.75, 3.05) is 17.1 Å². The van der Waals surface area contributed by atoms with Crippen molar-refractivity contribution in [3.8, 4) is 11.8 Å². The van der Waals surface area contributed by atoms with Crippen LogP contribution in [0.5, 0.6) is 0 Å². The molecule has 1 aromatic rings. The van der Waals surface area contributed by atoms with Crippen molar-refractivity contribution in [1.82, 2.24) is 0 Å². The number of hydrogen-bond donors (Lipinski definition) is 2. The van der Waals surface area contributed by atoms with Gasteiger partial charge in [-0.15, -0.1) is 0 Å². The predicted molar refractivity (Wildman–Crippen MR) is 77.2 cm³/mol. The highest BCUT2D eigenvalue weighted by Crippen LogP contribution is 2.20. The first-order valence-corrected chi connectivity index (χ1v) is 7.68. The summed E-state index contributed by atoms with van der Waals surface area (Å²) >= 11 is 0. The highest BCUT2D eigenvalue weighted by Gasteiger charge is 2.21. The average Bonchev–Trinajstić information content (AvgIpc) is 2.23. The molecule has 0 radical (unpaired) electrons. The summed E-state index contributed by atoms with van der Waals surface area (Å²) in [6, 6.07) is 3.87. The Kier molecular flexibility index (Phi) is 5.15. The Bertz CT molecular complexity index is 637. The van der Waals surface area contributed by atoms with E-state index in [2.05, 4.69) is 16.6 Å². The zero-order valence-electron chi connectivity index (χ0n) is 11.7. The summed E-state index contributed by atoms with van der Waals surface area (Å²) in [6.07, 6.45) is 0. The van der Waals surface area contributed by atoms with Crippen LogP contribution in [0, 0.1) is 23.1 Å². The molecule has 0 aliphatic carbocycles. The Morgan fingerprint density at radius 2 is 2.00 bits per heavy atom. The maximum Gasteiger partial charge on any atom is 0.233 e. The normalized spacial score (nSPS) is 11.7. The predicted octanol–water partition coefficient (Wildman–Crippen LogP) is 1.96. The van der Waals surface area contributed by atoms with E-state index in [-0.39, 0.29) is 23.6 Å². The zero-order chi connectivity index (χ0) is 15.4. The summed E-state index contributed by atoms with van der Waals surface area (Å²) in [6.45, 7) is 5.06. The second kappa shape index (κ2) is 6.25. The van der Waals surface area contributed by atoms with E-state index in [4.69, 9.17) is 5.11 Å². The molecule has 0 bridgehead atoms. The molecule has 0 saturated heterocycles. The number of hydrogen-bond acceptors (Lipinski definition) is 3. The van der Waals surface area contributed by atoms with E-state index < -0.39 is 21.3 Å². The molecule has 0 heterocycles. The third-order valence-electron chi connectivity index (χ3n) is 2.17. The number of rotatable bonds is 3. The number of anilines is 1. The molecule has 4 nitrogen and oxygen atoms in total. The molecule has 0 fully saturated rings. The van der Waals surface area contributed by atoms with Gasteiger partial charge in [-0.2, -0.15) is 0 Å². The van der Waals surface area contributed by atoms with E-state index in [9.17, 15) is 12.8 Å². The molecular formula is C14H18FNO3S. The molecule has 1 aromatic carbocycles.